The van der Waals surface area contributed by atoms with E-state index in [4.69, 9.17) is 5.11 Å². The molecule has 0 aliphatic heterocycles. The van der Waals surface area contributed by atoms with Crippen LogP contribution in [0.5, 0.6) is 0 Å². The predicted molar refractivity (Wildman–Crippen MR) is 57.7 cm³/mol. The Labute approximate surface area is 92.7 Å². The molecule has 0 spiro atoms. The van der Waals surface area contributed by atoms with Crippen LogP contribution in [0.1, 0.15) is 17.3 Å². The van der Waals surface area contributed by atoms with E-state index in [1.54, 1.807) is 6.92 Å². The van der Waals surface area contributed by atoms with Gasteiger partial charge in [0.15, 0.2) is 0 Å². The van der Waals surface area contributed by atoms with Crippen molar-refractivity contribution in [3.05, 3.63) is 29.6 Å². The van der Waals surface area contributed by atoms with Gasteiger partial charge in [-0.3, -0.25) is 4.79 Å². The summed E-state index contributed by atoms with van der Waals surface area (Å²) in [5.41, 5.74) is -0.0669. The van der Waals surface area contributed by atoms with Crippen LogP contribution in [0, 0.1) is 5.82 Å². The van der Waals surface area contributed by atoms with Gasteiger partial charge in [0.05, 0.1) is 12.2 Å². The number of halogens is 1. The topological polar surface area (TPSA) is 49.3 Å². The number of aliphatic hydroxyl groups is 1. The molecule has 0 aromatic heterocycles. The molecule has 0 saturated carbocycles. The summed E-state index contributed by atoms with van der Waals surface area (Å²) in [6.45, 7) is 1.44. The number of hydrogen-bond acceptors (Lipinski definition) is 3. The van der Waals surface area contributed by atoms with Crippen LogP contribution in [0.15, 0.2) is 23.1 Å². The normalized spacial score (nSPS) is 12.3. The summed E-state index contributed by atoms with van der Waals surface area (Å²) in [5, 5.41) is 11.2. The third-order valence-electron chi connectivity index (χ3n) is 1.85. The number of thiol groups is 1. The van der Waals surface area contributed by atoms with Crippen molar-refractivity contribution in [1.82, 2.24) is 5.32 Å². The number of rotatable bonds is 3. The molecule has 2 N–H and O–H groups in total. The molecule has 1 aromatic rings. The molecule has 15 heavy (non-hydrogen) atoms. The molecule has 0 saturated heterocycles. The average Bonchev–Trinajstić information content (AvgIpc) is 2.21. The van der Waals surface area contributed by atoms with Gasteiger partial charge in [0.1, 0.15) is 5.82 Å². The molecule has 0 radical (unpaired) electrons. The largest absolute Gasteiger partial charge is 0.394 e. The minimum atomic E-state index is -0.601. The van der Waals surface area contributed by atoms with Crippen molar-refractivity contribution < 1.29 is 14.3 Å². The molecular weight excluding hydrogens is 217 g/mol. The van der Waals surface area contributed by atoms with Crippen molar-refractivity contribution in [2.24, 2.45) is 0 Å². The van der Waals surface area contributed by atoms with E-state index in [2.05, 4.69) is 17.9 Å². The third-order valence-corrected chi connectivity index (χ3v) is 2.12. The molecule has 0 fully saturated rings. The Morgan fingerprint density at radius 1 is 1.67 bits per heavy atom. The molecular formula is C10H12FNO2S. The summed E-state index contributed by atoms with van der Waals surface area (Å²) in [7, 11) is 0. The zero-order chi connectivity index (χ0) is 11.4. The van der Waals surface area contributed by atoms with Gasteiger partial charge in [-0.2, -0.15) is 0 Å². The van der Waals surface area contributed by atoms with Gasteiger partial charge < -0.3 is 10.4 Å². The fraction of sp³-hybridized carbons (Fsp3) is 0.300. The van der Waals surface area contributed by atoms with Crippen molar-refractivity contribution in [3.63, 3.8) is 0 Å². The molecule has 5 heteroatoms. The SMILES string of the molecule is CC(CO)NC(=O)c1cc(S)ccc1F. The number of hydrogen-bond donors (Lipinski definition) is 3. The van der Waals surface area contributed by atoms with Crippen molar-refractivity contribution in [2.45, 2.75) is 17.9 Å². The lowest BCUT2D eigenvalue weighted by atomic mass is 10.2. The smallest absolute Gasteiger partial charge is 0.254 e. The van der Waals surface area contributed by atoms with Crippen molar-refractivity contribution in [1.29, 1.82) is 0 Å². The summed E-state index contributed by atoms with van der Waals surface area (Å²) in [4.78, 5) is 12.0. The number of amides is 1. The molecule has 3 nitrogen and oxygen atoms in total. The maximum atomic E-state index is 13.2. The van der Waals surface area contributed by atoms with E-state index in [0.29, 0.717) is 4.90 Å². The summed E-state index contributed by atoms with van der Waals surface area (Å²) in [5.74, 6) is -1.15. The van der Waals surface area contributed by atoms with E-state index < -0.39 is 17.8 Å². The Balaban J connectivity index is 2.86. The van der Waals surface area contributed by atoms with Crippen molar-refractivity contribution in [3.8, 4) is 0 Å². The summed E-state index contributed by atoms with van der Waals surface area (Å²) < 4.78 is 13.2. The second-order valence-electron chi connectivity index (χ2n) is 3.22. The maximum absolute atomic E-state index is 13.2. The van der Waals surface area contributed by atoms with Crippen LogP contribution in [-0.2, 0) is 0 Å². The highest BCUT2D eigenvalue weighted by Crippen LogP contribution is 2.13. The van der Waals surface area contributed by atoms with Gasteiger partial charge in [-0.1, -0.05) is 0 Å². The van der Waals surface area contributed by atoms with Crippen molar-refractivity contribution >= 4 is 18.5 Å². The van der Waals surface area contributed by atoms with Crippen LogP contribution < -0.4 is 5.32 Å². The lowest BCUT2D eigenvalue weighted by Crippen LogP contribution is -2.35. The number of nitrogens with one attached hydrogen (secondary N) is 1. The second-order valence-corrected chi connectivity index (χ2v) is 3.74. The van der Waals surface area contributed by atoms with Crippen LogP contribution >= 0.6 is 12.6 Å². The van der Waals surface area contributed by atoms with Gasteiger partial charge in [-0.25, -0.2) is 4.39 Å². The van der Waals surface area contributed by atoms with Gasteiger partial charge in [-0.15, -0.1) is 12.6 Å². The highest BCUT2D eigenvalue weighted by Gasteiger charge is 2.13. The van der Waals surface area contributed by atoms with E-state index in [1.807, 2.05) is 0 Å². The van der Waals surface area contributed by atoms with Crippen LogP contribution in [-0.4, -0.2) is 23.7 Å². The quantitative estimate of drug-likeness (QED) is 0.683. The van der Waals surface area contributed by atoms with Crippen LogP contribution in [0.3, 0.4) is 0 Å². The molecule has 0 aliphatic carbocycles. The van der Waals surface area contributed by atoms with Gasteiger partial charge in [0, 0.05) is 10.9 Å². The van der Waals surface area contributed by atoms with Crippen LogP contribution in [0.2, 0.25) is 0 Å². The number of benzene rings is 1. The number of carbonyl (C=O) groups is 1. The highest BCUT2D eigenvalue weighted by molar-refractivity contribution is 7.80. The lowest BCUT2D eigenvalue weighted by Gasteiger charge is -2.11. The molecule has 1 unspecified atom stereocenters. The first-order valence-electron chi connectivity index (χ1n) is 4.45. The van der Waals surface area contributed by atoms with Gasteiger partial charge >= 0.3 is 0 Å². The van der Waals surface area contributed by atoms with Crippen LogP contribution in [0.4, 0.5) is 4.39 Å². The van der Waals surface area contributed by atoms with Gasteiger partial charge in [0.2, 0.25) is 0 Å². The third kappa shape index (κ3) is 3.21. The van der Waals surface area contributed by atoms with E-state index in [0.717, 1.165) is 0 Å². The van der Waals surface area contributed by atoms with E-state index >= 15 is 0 Å². The first kappa shape index (κ1) is 12.0. The monoisotopic (exact) mass is 229 g/mol. The average molecular weight is 229 g/mol. The number of carbonyl (C=O) groups excluding carboxylic acids is 1. The Morgan fingerprint density at radius 3 is 2.93 bits per heavy atom. The zero-order valence-electron chi connectivity index (χ0n) is 8.20. The van der Waals surface area contributed by atoms with E-state index in [9.17, 15) is 9.18 Å². The van der Waals surface area contributed by atoms with Crippen LogP contribution in [0.25, 0.3) is 0 Å². The van der Waals surface area contributed by atoms with Gasteiger partial charge in [-0.05, 0) is 25.1 Å². The second kappa shape index (κ2) is 5.14. The molecule has 0 bridgehead atoms. The summed E-state index contributed by atoms with van der Waals surface area (Å²) in [6, 6.07) is 3.59. The van der Waals surface area contributed by atoms with E-state index in [1.165, 1.54) is 18.2 Å². The molecule has 82 valence electrons. The van der Waals surface area contributed by atoms with Gasteiger partial charge in [0.25, 0.3) is 5.91 Å². The molecule has 1 atom stereocenters. The Bertz CT molecular complexity index is 370. The highest BCUT2D eigenvalue weighted by atomic mass is 32.1. The van der Waals surface area contributed by atoms with E-state index in [-0.39, 0.29) is 12.2 Å². The first-order chi connectivity index (χ1) is 7.04. The fourth-order valence-corrected chi connectivity index (χ4v) is 1.24. The lowest BCUT2D eigenvalue weighted by molar-refractivity contribution is 0.0918. The molecule has 0 aliphatic rings. The fourth-order valence-electron chi connectivity index (χ4n) is 1.03. The summed E-state index contributed by atoms with van der Waals surface area (Å²) in [6.07, 6.45) is 0. The predicted octanol–water partition coefficient (Wildman–Crippen LogP) is 1.23. The molecule has 0 heterocycles. The Morgan fingerprint density at radius 2 is 2.33 bits per heavy atom. The Kier molecular flexibility index (Phi) is 4.11. The zero-order valence-corrected chi connectivity index (χ0v) is 9.09. The number of aliphatic hydroxyl groups excluding tert-OH is 1. The minimum Gasteiger partial charge on any atom is -0.394 e. The Hall–Kier alpha value is -1.07. The summed E-state index contributed by atoms with van der Waals surface area (Å²) >= 11 is 4.01. The maximum Gasteiger partial charge on any atom is 0.254 e. The molecule has 1 rings (SSSR count). The first-order valence-corrected chi connectivity index (χ1v) is 4.89. The standard InChI is InChI=1S/C10H12FNO2S/c1-6(5-13)12-10(14)8-4-7(15)2-3-9(8)11/h2-4,6,13,15H,5H2,1H3,(H,12,14). The minimum absolute atomic E-state index is 0.0669. The van der Waals surface area contributed by atoms with Crippen molar-refractivity contribution in [2.75, 3.05) is 6.61 Å². The molecule has 1 amide bonds. The molecule has 1 aromatic carbocycles.